The Balaban J connectivity index is 1.67. The van der Waals surface area contributed by atoms with Crippen LogP contribution < -0.4 is 5.32 Å². The number of nitrogens with zero attached hydrogens (tertiary/aromatic N) is 3. The minimum atomic E-state index is -0.486. The van der Waals surface area contributed by atoms with Gasteiger partial charge in [0.1, 0.15) is 6.61 Å². The third-order valence-electron chi connectivity index (χ3n) is 5.01. The zero-order chi connectivity index (χ0) is 21.5. The molecular weight excluding hydrogens is 400 g/mol. The number of nitrogens with one attached hydrogen (secondary N) is 1. The lowest BCUT2D eigenvalue weighted by Gasteiger charge is -2.17. The normalized spacial score (nSPS) is 11.2. The summed E-state index contributed by atoms with van der Waals surface area (Å²) in [6.07, 6.45) is 0.688. The molecule has 0 aliphatic carbocycles. The molecule has 3 aromatic rings. The Morgan fingerprint density at radius 3 is 2.63 bits per heavy atom. The van der Waals surface area contributed by atoms with Gasteiger partial charge in [-0.2, -0.15) is 4.98 Å². The van der Waals surface area contributed by atoms with Crippen molar-refractivity contribution < 1.29 is 14.4 Å². The van der Waals surface area contributed by atoms with Gasteiger partial charge in [-0.3, -0.25) is 9.69 Å². The maximum atomic E-state index is 11.1. The summed E-state index contributed by atoms with van der Waals surface area (Å²) in [5.41, 5.74) is 3.21. The highest BCUT2D eigenvalue weighted by molar-refractivity contribution is 7.15. The van der Waals surface area contributed by atoms with Crippen molar-refractivity contribution in [3.05, 3.63) is 46.3 Å². The molecule has 0 radical (unpaired) electrons. The molecule has 7 nitrogen and oxygen atoms in total. The molecule has 0 atom stereocenters. The van der Waals surface area contributed by atoms with Crippen molar-refractivity contribution in [2.45, 2.75) is 33.7 Å². The number of carbonyl (C=O) groups is 1. The number of rotatable bonds is 10. The number of aliphatic hydroxyl groups excluding tert-OH is 1. The molecule has 0 fully saturated rings. The Morgan fingerprint density at radius 1 is 1.23 bits per heavy atom. The Hall–Kier alpha value is -2.55. The number of amides is 1. The fourth-order valence-electron chi connectivity index (χ4n) is 3.10. The van der Waals surface area contributed by atoms with Gasteiger partial charge in [0, 0.05) is 23.5 Å². The minimum absolute atomic E-state index is 0.366. The molecule has 2 heterocycles. The van der Waals surface area contributed by atoms with Gasteiger partial charge in [0.25, 0.3) is 5.89 Å². The fraction of sp³-hybridized carbons (Fsp3) is 0.409. The first kappa shape index (κ1) is 22.1. The maximum Gasteiger partial charge on any atom is 0.268 e. The van der Waals surface area contributed by atoms with Crippen LogP contribution in [0.15, 0.2) is 34.9 Å². The summed E-state index contributed by atoms with van der Waals surface area (Å²) in [5.74, 6) is 0.733. The Kier molecular flexibility index (Phi) is 7.73. The topological polar surface area (TPSA) is 91.5 Å². The molecule has 0 bridgehead atoms. The molecule has 0 saturated heterocycles. The number of aromatic nitrogens is 2. The third kappa shape index (κ3) is 5.53. The van der Waals surface area contributed by atoms with Crippen LogP contribution in [0.4, 0.5) is 0 Å². The second kappa shape index (κ2) is 10.5. The molecule has 0 saturated carbocycles. The number of hydrogen-bond donors (Lipinski definition) is 2. The summed E-state index contributed by atoms with van der Waals surface area (Å²) < 4.78 is 5.53. The van der Waals surface area contributed by atoms with E-state index in [1.807, 2.05) is 24.3 Å². The largest absolute Gasteiger partial charge is 0.387 e. The van der Waals surface area contributed by atoms with Gasteiger partial charge in [-0.1, -0.05) is 43.3 Å². The third-order valence-corrected chi connectivity index (χ3v) is 6.22. The van der Waals surface area contributed by atoms with E-state index in [0.717, 1.165) is 35.6 Å². The summed E-state index contributed by atoms with van der Waals surface area (Å²) in [7, 11) is 0. The lowest BCUT2D eigenvalue weighted by Crippen LogP contribution is -2.28. The fourth-order valence-corrected chi connectivity index (χ4v) is 4.23. The zero-order valence-electron chi connectivity index (χ0n) is 17.6. The Labute approximate surface area is 180 Å². The number of aryl methyl sites for hydroxylation is 1. The number of carbonyl (C=O) groups excluding carboxylic acids is 1. The Bertz CT molecular complexity index is 961. The van der Waals surface area contributed by atoms with Gasteiger partial charge in [-0.15, -0.1) is 11.3 Å². The number of hydrogen-bond acceptors (Lipinski definition) is 7. The smallest absolute Gasteiger partial charge is 0.268 e. The van der Waals surface area contributed by atoms with Gasteiger partial charge in [0.15, 0.2) is 0 Å². The SMILES string of the molecule is CCN(CC)Cc1sc(-c2nc(-c3ccc(CCNC(=O)CO)cc3)no2)cc1C. The molecular formula is C22H28N4O3S. The van der Waals surface area contributed by atoms with Crippen molar-refractivity contribution >= 4 is 17.2 Å². The van der Waals surface area contributed by atoms with E-state index in [9.17, 15) is 4.79 Å². The van der Waals surface area contributed by atoms with E-state index in [0.29, 0.717) is 24.7 Å². The van der Waals surface area contributed by atoms with Crippen molar-refractivity contribution in [3.63, 3.8) is 0 Å². The summed E-state index contributed by atoms with van der Waals surface area (Å²) in [4.78, 5) is 20.4. The van der Waals surface area contributed by atoms with Crippen molar-refractivity contribution in [1.82, 2.24) is 20.4 Å². The van der Waals surface area contributed by atoms with Crippen LogP contribution in [0.25, 0.3) is 22.2 Å². The van der Waals surface area contributed by atoms with Gasteiger partial charge >= 0.3 is 0 Å². The molecule has 8 heteroatoms. The van der Waals surface area contributed by atoms with Gasteiger partial charge in [-0.05, 0) is 43.6 Å². The van der Waals surface area contributed by atoms with E-state index in [1.54, 1.807) is 11.3 Å². The molecule has 3 rings (SSSR count). The van der Waals surface area contributed by atoms with Crippen LogP contribution in [0.3, 0.4) is 0 Å². The van der Waals surface area contributed by atoms with Crippen molar-refractivity contribution in [3.8, 4) is 22.2 Å². The molecule has 0 aliphatic rings. The highest BCUT2D eigenvalue weighted by atomic mass is 32.1. The van der Waals surface area contributed by atoms with Crippen LogP contribution in [0, 0.1) is 6.92 Å². The Morgan fingerprint density at radius 2 is 1.97 bits per heavy atom. The number of thiophene rings is 1. The van der Waals surface area contributed by atoms with E-state index in [-0.39, 0.29) is 5.91 Å². The first-order valence-electron chi connectivity index (χ1n) is 10.2. The average Bonchev–Trinajstić information content (AvgIpc) is 3.39. The van der Waals surface area contributed by atoms with E-state index in [1.165, 1.54) is 10.4 Å². The molecule has 2 N–H and O–H groups in total. The minimum Gasteiger partial charge on any atom is -0.387 e. The highest BCUT2D eigenvalue weighted by Gasteiger charge is 2.16. The highest BCUT2D eigenvalue weighted by Crippen LogP contribution is 2.32. The van der Waals surface area contributed by atoms with Crippen LogP contribution in [0.1, 0.15) is 29.9 Å². The predicted octanol–water partition coefficient (Wildman–Crippen LogP) is 3.27. The number of aliphatic hydroxyl groups is 1. The van der Waals surface area contributed by atoms with E-state index >= 15 is 0 Å². The summed E-state index contributed by atoms with van der Waals surface area (Å²) in [5, 5.41) is 15.5. The predicted molar refractivity (Wildman–Crippen MR) is 118 cm³/mol. The van der Waals surface area contributed by atoms with E-state index < -0.39 is 6.61 Å². The molecule has 2 aromatic heterocycles. The van der Waals surface area contributed by atoms with Gasteiger partial charge < -0.3 is 14.9 Å². The van der Waals surface area contributed by atoms with Crippen LogP contribution >= 0.6 is 11.3 Å². The summed E-state index contributed by atoms with van der Waals surface area (Å²) in [6.45, 7) is 9.46. The second-order valence-corrected chi connectivity index (χ2v) is 8.19. The standard InChI is InChI=1S/C22H28N4O3S/c1-4-26(5-2)13-19-15(3)12-18(30-19)22-24-21(25-29-22)17-8-6-16(7-9-17)10-11-23-20(28)14-27/h6-9,12,27H,4-5,10-11,13-14H2,1-3H3,(H,23,28). The van der Waals surface area contributed by atoms with Crippen LogP contribution in [-0.2, 0) is 17.8 Å². The van der Waals surface area contributed by atoms with Crippen LogP contribution in [0.5, 0.6) is 0 Å². The molecule has 30 heavy (non-hydrogen) atoms. The van der Waals surface area contributed by atoms with Gasteiger partial charge in [-0.25, -0.2) is 0 Å². The number of benzene rings is 1. The van der Waals surface area contributed by atoms with E-state index in [2.05, 4.69) is 47.2 Å². The molecule has 0 spiro atoms. The van der Waals surface area contributed by atoms with Gasteiger partial charge in [0.05, 0.1) is 4.88 Å². The lowest BCUT2D eigenvalue weighted by molar-refractivity contribution is -0.123. The van der Waals surface area contributed by atoms with Crippen molar-refractivity contribution in [1.29, 1.82) is 0 Å². The molecule has 160 valence electrons. The summed E-state index contributed by atoms with van der Waals surface area (Å²) >= 11 is 1.71. The zero-order valence-corrected chi connectivity index (χ0v) is 18.5. The maximum absolute atomic E-state index is 11.1. The van der Waals surface area contributed by atoms with Crippen LogP contribution in [-0.4, -0.2) is 52.3 Å². The van der Waals surface area contributed by atoms with E-state index in [4.69, 9.17) is 9.63 Å². The first-order chi connectivity index (χ1) is 14.5. The monoisotopic (exact) mass is 428 g/mol. The van der Waals surface area contributed by atoms with Gasteiger partial charge in [0.2, 0.25) is 11.7 Å². The second-order valence-electron chi connectivity index (χ2n) is 7.06. The quantitative estimate of drug-likeness (QED) is 0.515. The lowest BCUT2D eigenvalue weighted by atomic mass is 10.1. The first-order valence-corrected chi connectivity index (χ1v) is 11.0. The molecule has 1 aromatic carbocycles. The van der Waals surface area contributed by atoms with Crippen LogP contribution in [0.2, 0.25) is 0 Å². The van der Waals surface area contributed by atoms with Crippen molar-refractivity contribution in [2.24, 2.45) is 0 Å². The average molecular weight is 429 g/mol. The summed E-state index contributed by atoms with van der Waals surface area (Å²) in [6, 6.07) is 9.97. The molecule has 0 aliphatic heterocycles. The molecule has 0 unspecified atom stereocenters. The molecule has 1 amide bonds. The van der Waals surface area contributed by atoms with Crippen molar-refractivity contribution in [2.75, 3.05) is 26.2 Å².